The van der Waals surface area contributed by atoms with Gasteiger partial charge in [0, 0.05) is 25.2 Å². The van der Waals surface area contributed by atoms with Crippen LogP contribution >= 0.6 is 0 Å². The van der Waals surface area contributed by atoms with E-state index >= 15 is 0 Å². The molecule has 1 saturated heterocycles. The summed E-state index contributed by atoms with van der Waals surface area (Å²) in [6.07, 6.45) is 8.53. The first-order chi connectivity index (χ1) is 8.65. The second kappa shape index (κ2) is 6.04. The van der Waals surface area contributed by atoms with Crippen molar-refractivity contribution >= 4 is 0 Å². The van der Waals surface area contributed by atoms with Gasteiger partial charge in [-0.1, -0.05) is 19.3 Å². The fraction of sp³-hybridized carbons (Fsp3) is 0.933. The summed E-state index contributed by atoms with van der Waals surface area (Å²) in [6.45, 7) is 6.61. The quantitative estimate of drug-likeness (QED) is 0.836. The van der Waals surface area contributed by atoms with Crippen LogP contribution in [-0.2, 0) is 0 Å². The third-order valence-corrected chi connectivity index (χ3v) is 4.68. The number of rotatable bonds is 3. The van der Waals surface area contributed by atoms with E-state index in [1.54, 1.807) is 0 Å². The molecule has 0 spiro atoms. The third-order valence-electron chi connectivity index (χ3n) is 4.68. The second-order valence-electron chi connectivity index (χ2n) is 6.30. The number of piperidine rings is 1. The van der Waals surface area contributed by atoms with Gasteiger partial charge in [-0.05, 0) is 39.5 Å². The van der Waals surface area contributed by atoms with Crippen LogP contribution < -0.4 is 5.32 Å². The zero-order chi connectivity index (χ0) is 13.0. The van der Waals surface area contributed by atoms with E-state index in [-0.39, 0.29) is 5.54 Å². The van der Waals surface area contributed by atoms with Gasteiger partial charge in [-0.3, -0.25) is 5.32 Å². The van der Waals surface area contributed by atoms with Crippen LogP contribution in [0.5, 0.6) is 0 Å². The van der Waals surface area contributed by atoms with Crippen LogP contribution in [-0.4, -0.2) is 35.6 Å². The Morgan fingerprint density at radius 3 is 2.28 bits per heavy atom. The number of likely N-dealkylation sites (tertiary alicyclic amines) is 1. The molecule has 3 heteroatoms. The van der Waals surface area contributed by atoms with Crippen molar-refractivity contribution in [3.05, 3.63) is 0 Å². The first-order valence-electron chi connectivity index (χ1n) is 7.58. The zero-order valence-corrected chi connectivity index (χ0v) is 11.9. The van der Waals surface area contributed by atoms with E-state index in [2.05, 4.69) is 30.1 Å². The summed E-state index contributed by atoms with van der Waals surface area (Å²) in [4.78, 5) is 2.48. The minimum atomic E-state index is -0.243. The molecule has 0 amide bonds. The summed E-state index contributed by atoms with van der Waals surface area (Å²) in [6, 6.07) is 3.78. The third kappa shape index (κ3) is 3.24. The number of hydrogen-bond acceptors (Lipinski definition) is 3. The molecule has 1 heterocycles. The van der Waals surface area contributed by atoms with Crippen LogP contribution in [0.2, 0.25) is 0 Å². The van der Waals surface area contributed by atoms with E-state index in [1.807, 2.05) is 0 Å². The van der Waals surface area contributed by atoms with Gasteiger partial charge < -0.3 is 4.90 Å². The van der Waals surface area contributed by atoms with Gasteiger partial charge in [0.05, 0.1) is 6.07 Å². The molecule has 0 aromatic carbocycles. The molecule has 0 aromatic rings. The van der Waals surface area contributed by atoms with E-state index in [0.29, 0.717) is 12.1 Å². The molecule has 0 unspecified atom stereocenters. The van der Waals surface area contributed by atoms with Crippen molar-refractivity contribution in [2.24, 2.45) is 0 Å². The van der Waals surface area contributed by atoms with E-state index in [0.717, 1.165) is 25.9 Å². The van der Waals surface area contributed by atoms with Crippen LogP contribution in [0.4, 0.5) is 0 Å². The highest BCUT2D eigenvalue weighted by Gasteiger charge is 2.36. The molecule has 1 saturated carbocycles. The maximum absolute atomic E-state index is 9.57. The SMILES string of the molecule is CC(C)N1CCC(C#N)(NC2CCCCC2)CC1. The average Bonchev–Trinajstić information content (AvgIpc) is 2.40. The number of hydrogen-bond donors (Lipinski definition) is 1. The van der Waals surface area contributed by atoms with Crippen molar-refractivity contribution in [3.8, 4) is 6.07 Å². The van der Waals surface area contributed by atoms with E-state index in [4.69, 9.17) is 0 Å². The normalized spacial score (nSPS) is 26.1. The summed E-state index contributed by atoms with van der Waals surface area (Å²) in [7, 11) is 0. The lowest BCUT2D eigenvalue weighted by Gasteiger charge is -2.42. The van der Waals surface area contributed by atoms with Crippen molar-refractivity contribution in [2.75, 3.05) is 13.1 Å². The van der Waals surface area contributed by atoms with Crippen molar-refractivity contribution < 1.29 is 0 Å². The lowest BCUT2D eigenvalue weighted by atomic mass is 9.85. The van der Waals surface area contributed by atoms with Crippen LogP contribution in [0.1, 0.15) is 58.8 Å². The summed E-state index contributed by atoms with van der Waals surface area (Å²) >= 11 is 0. The largest absolute Gasteiger partial charge is 0.301 e. The smallest absolute Gasteiger partial charge is 0.109 e. The highest BCUT2D eigenvalue weighted by atomic mass is 15.2. The summed E-state index contributed by atoms with van der Waals surface area (Å²) in [5, 5.41) is 13.3. The predicted octanol–water partition coefficient (Wildman–Crippen LogP) is 2.68. The number of nitrogens with one attached hydrogen (secondary N) is 1. The standard InChI is InChI=1S/C15H27N3/c1-13(2)18-10-8-15(12-16,9-11-18)17-14-6-4-3-5-7-14/h13-14,17H,3-11H2,1-2H3. The first kappa shape index (κ1) is 13.8. The average molecular weight is 249 g/mol. The van der Waals surface area contributed by atoms with E-state index < -0.39 is 0 Å². The predicted molar refractivity (Wildman–Crippen MR) is 74.3 cm³/mol. The number of nitriles is 1. The monoisotopic (exact) mass is 249 g/mol. The highest BCUT2D eigenvalue weighted by molar-refractivity contribution is 5.11. The van der Waals surface area contributed by atoms with Gasteiger partial charge in [0.2, 0.25) is 0 Å². The van der Waals surface area contributed by atoms with Gasteiger partial charge in [-0.2, -0.15) is 5.26 Å². The summed E-state index contributed by atoms with van der Waals surface area (Å²) in [5.41, 5.74) is -0.243. The fourth-order valence-electron chi connectivity index (χ4n) is 3.35. The van der Waals surface area contributed by atoms with Crippen LogP contribution in [0, 0.1) is 11.3 Å². The van der Waals surface area contributed by atoms with E-state index in [9.17, 15) is 5.26 Å². The molecule has 0 radical (unpaired) electrons. The van der Waals surface area contributed by atoms with Gasteiger partial charge in [0.1, 0.15) is 5.54 Å². The fourth-order valence-corrected chi connectivity index (χ4v) is 3.35. The van der Waals surface area contributed by atoms with Crippen molar-refractivity contribution in [2.45, 2.75) is 76.4 Å². The Morgan fingerprint density at radius 1 is 1.17 bits per heavy atom. The molecule has 102 valence electrons. The molecule has 1 N–H and O–H groups in total. The van der Waals surface area contributed by atoms with Crippen LogP contribution in [0.15, 0.2) is 0 Å². The van der Waals surface area contributed by atoms with Crippen molar-refractivity contribution in [1.29, 1.82) is 5.26 Å². The van der Waals surface area contributed by atoms with Gasteiger partial charge >= 0.3 is 0 Å². The second-order valence-corrected chi connectivity index (χ2v) is 6.30. The maximum atomic E-state index is 9.57. The van der Waals surface area contributed by atoms with Gasteiger partial charge in [-0.25, -0.2) is 0 Å². The van der Waals surface area contributed by atoms with Crippen molar-refractivity contribution in [3.63, 3.8) is 0 Å². The highest BCUT2D eigenvalue weighted by Crippen LogP contribution is 2.27. The first-order valence-corrected chi connectivity index (χ1v) is 7.58. The zero-order valence-electron chi connectivity index (χ0n) is 11.9. The summed E-state index contributed by atoms with van der Waals surface area (Å²) in [5.74, 6) is 0. The molecule has 1 aliphatic carbocycles. The minimum absolute atomic E-state index is 0.243. The Bertz CT molecular complexity index is 291. The van der Waals surface area contributed by atoms with Crippen molar-refractivity contribution in [1.82, 2.24) is 10.2 Å². The Balaban J connectivity index is 1.90. The molecule has 2 aliphatic rings. The molecular formula is C15H27N3. The van der Waals surface area contributed by atoms with Crippen LogP contribution in [0.3, 0.4) is 0 Å². The van der Waals surface area contributed by atoms with Crippen LogP contribution in [0.25, 0.3) is 0 Å². The molecule has 3 nitrogen and oxygen atoms in total. The minimum Gasteiger partial charge on any atom is -0.301 e. The number of nitrogens with zero attached hydrogens (tertiary/aromatic N) is 2. The molecule has 0 bridgehead atoms. The van der Waals surface area contributed by atoms with Gasteiger partial charge in [0.15, 0.2) is 0 Å². The molecule has 0 aromatic heterocycles. The Kier molecular flexibility index (Phi) is 4.64. The molecule has 1 aliphatic heterocycles. The molecule has 0 atom stereocenters. The summed E-state index contributed by atoms with van der Waals surface area (Å²) < 4.78 is 0. The molecule has 2 fully saturated rings. The van der Waals surface area contributed by atoms with Gasteiger partial charge in [-0.15, -0.1) is 0 Å². The molecule has 18 heavy (non-hydrogen) atoms. The lowest BCUT2D eigenvalue weighted by Crippen LogP contribution is -2.56. The molecule has 2 rings (SSSR count). The van der Waals surface area contributed by atoms with Gasteiger partial charge in [0.25, 0.3) is 0 Å². The Hall–Kier alpha value is -0.590. The van der Waals surface area contributed by atoms with E-state index in [1.165, 1.54) is 32.1 Å². The topological polar surface area (TPSA) is 39.1 Å². The lowest BCUT2D eigenvalue weighted by molar-refractivity contribution is 0.125. The maximum Gasteiger partial charge on any atom is 0.109 e. The Labute approximate surface area is 112 Å². The molecular weight excluding hydrogens is 222 g/mol. The Morgan fingerprint density at radius 2 is 1.78 bits per heavy atom.